The van der Waals surface area contributed by atoms with Gasteiger partial charge in [0.05, 0.1) is 11.0 Å². The van der Waals surface area contributed by atoms with Crippen LogP contribution in [0, 0.1) is 17.3 Å². The van der Waals surface area contributed by atoms with Crippen LogP contribution in [0.25, 0.3) is 10.1 Å². The van der Waals surface area contributed by atoms with Gasteiger partial charge in [0.2, 0.25) is 23.6 Å². The highest BCUT2D eigenvalue weighted by Gasteiger charge is 2.51. The Bertz CT molecular complexity index is 2840. The number of ether oxygens (including phenoxy) is 1. The van der Waals surface area contributed by atoms with Gasteiger partial charge in [0.25, 0.3) is 11.8 Å². The number of carbonyl (C=O) groups is 6. The van der Waals surface area contributed by atoms with E-state index < -0.39 is 66.2 Å². The largest absolute Gasteiger partial charge is 0.399 e. The quantitative estimate of drug-likeness (QED) is 0.0439. The molecule has 71 heavy (non-hydrogen) atoms. The van der Waals surface area contributed by atoms with Crippen molar-refractivity contribution in [1.29, 1.82) is 0 Å². The summed E-state index contributed by atoms with van der Waals surface area (Å²) in [6.07, 6.45) is 4.80. The lowest BCUT2D eigenvalue weighted by Crippen LogP contribution is -2.58. The molecule has 5 atom stereocenters. The number of benzene rings is 3. The number of thiophene rings is 1. The molecule has 4 aromatic rings. The van der Waals surface area contributed by atoms with Gasteiger partial charge in [-0.2, -0.15) is 8.78 Å². The van der Waals surface area contributed by atoms with Crippen LogP contribution < -0.4 is 10.6 Å². The van der Waals surface area contributed by atoms with Crippen LogP contribution in [-0.4, -0.2) is 110 Å². The van der Waals surface area contributed by atoms with Gasteiger partial charge < -0.3 is 34.5 Å². The van der Waals surface area contributed by atoms with Crippen LogP contribution >= 0.6 is 18.9 Å². The number of carbonyl (C=O) groups excluding carboxylic acids is 6. The Hall–Kier alpha value is -5.83. The number of rotatable bonds is 14. The van der Waals surface area contributed by atoms with Crippen LogP contribution in [0.5, 0.6) is 0 Å². The van der Waals surface area contributed by atoms with Gasteiger partial charge in [0.15, 0.2) is 0 Å². The summed E-state index contributed by atoms with van der Waals surface area (Å²) in [5.74, 6) is 4.19. The van der Waals surface area contributed by atoms with Gasteiger partial charge in [0.1, 0.15) is 18.1 Å². The number of nitrogens with one attached hydrogen (secondary N) is 2. The minimum Gasteiger partial charge on any atom is -0.376 e. The van der Waals surface area contributed by atoms with Gasteiger partial charge in [-0.15, -0.1) is 11.3 Å². The fraction of sp³-hybridized carbons (Fsp3) is 0.462. The Morgan fingerprint density at radius 2 is 1.75 bits per heavy atom. The minimum absolute atomic E-state index is 0.0960. The molecular weight excluding hydrogens is 956 g/mol. The van der Waals surface area contributed by atoms with Gasteiger partial charge in [-0.25, -0.2) is 0 Å². The SMILES string of the molecule is CC(C)(C)[C@H](NC(=O)c1cc2cc(C(F)(F)P(=O)(O)O)ccc2s1)C(=O)N1C[C@H](OCCCCCC#Cc2cccc3c2CN(C2CCC(=O)NC2=O)C3=O)C[C@H]1C(=O)N1CCCC(c2ccccc2)C1. The number of likely N-dealkylation sites (tertiary alicyclic amines) is 2. The first-order valence-electron chi connectivity index (χ1n) is 24.0. The van der Waals surface area contributed by atoms with E-state index in [0.29, 0.717) is 42.8 Å². The smallest absolute Gasteiger partial charge is 0.376 e. The predicted molar refractivity (Wildman–Crippen MR) is 261 cm³/mol. The molecule has 15 nitrogen and oxygen atoms in total. The average molecular weight is 1010 g/mol. The molecule has 376 valence electrons. The lowest BCUT2D eigenvalue weighted by Gasteiger charge is -2.38. The second kappa shape index (κ2) is 21.1. The normalized spacial score (nSPS) is 21.2. The third-order valence-electron chi connectivity index (χ3n) is 13.8. The molecule has 4 aliphatic rings. The van der Waals surface area contributed by atoms with Crippen LogP contribution in [0.2, 0.25) is 0 Å². The molecule has 0 saturated carbocycles. The number of hydrogen-bond acceptors (Lipinski definition) is 9. The summed E-state index contributed by atoms with van der Waals surface area (Å²) in [6.45, 7) is 7.14. The van der Waals surface area contributed by atoms with E-state index in [1.54, 1.807) is 32.9 Å². The van der Waals surface area contributed by atoms with Crippen molar-refractivity contribution in [1.82, 2.24) is 25.3 Å². The van der Waals surface area contributed by atoms with E-state index >= 15 is 0 Å². The Kier molecular flexibility index (Phi) is 15.3. The standard InChI is InChI=1S/C52H58F2N5O10PS/c1-51(2,3)45(56-47(62)43-27-35-26-36(20-22-42(35)71-43)52(53,54)70(66,67)68)50(65)58-30-37(28-41(58)49(64)57-24-13-18-34(29-57)32-14-9-7-10-15-32)69-25-11-6-4-5-8-16-33-17-12-19-38-39(33)31-59(48(38)63)40-21-23-44(60)55-46(40)61/h7,9-10,12,14-15,17,19-20,22,26-27,34,37,40-41,45H,4-6,11,13,18,21,23-25,28-31H2,1-3H3,(H,56,62)(H,55,60,61)(H2,66,67,68)/t34?,37-,40?,41+,45-/m1/s1. The van der Waals surface area contributed by atoms with Crippen molar-refractivity contribution < 1.29 is 56.6 Å². The van der Waals surface area contributed by atoms with Crippen molar-refractivity contribution in [3.05, 3.63) is 105 Å². The molecule has 0 spiro atoms. The fourth-order valence-corrected chi connectivity index (χ4v) is 11.3. The third kappa shape index (κ3) is 11.3. The molecule has 3 fully saturated rings. The fourth-order valence-electron chi connectivity index (χ4n) is 9.91. The maximum Gasteiger partial charge on any atom is 0.399 e. The zero-order valence-corrected chi connectivity index (χ0v) is 41.5. The van der Waals surface area contributed by atoms with Crippen molar-refractivity contribution >= 4 is 64.5 Å². The lowest BCUT2D eigenvalue weighted by atomic mass is 9.85. The molecule has 0 aliphatic carbocycles. The lowest BCUT2D eigenvalue weighted by molar-refractivity contribution is -0.146. The predicted octanol–water partition coefficient (Wildman–Crippen LogP) is 7.04. The molecular formula is C52H58F2N5O10PS. The Morgan fingerprint density at radius 3 is 2.48 bits per heavy atom. The first-order chi connectivity index (χ1) is 33.7. The molecule has 6 amide bonds. The summed E-state index contributed by atoms with van der Waals surface area (Å²) in [6, 6.07) is 17.2. The maximum absolute atomic E-state index is 14.9. The van der Waals surface area contributed by atoms with Crippen molar-refractivity contribution in [2.75, 3.05) is 26.2 Å². The number of fused-ring (bicyclic) bond motifs is 2. The van der Waals surface area contributed by atoms with E-state index in [1.165, 1.54) is 21.9 Å². The van der Waals surface area contributed by atoms with Crippen LogP contribution in [0.1, 0.15) is 127 Å². The van der Waals surface area contributed by atoms with Crippen molar-refractivity contribution in [2.24, 2.45) is 5.41 Å². The number of hydrogen-bond donors (Lipinski definition) is 4. The zero-order chi connectivity index (χ0) is 50.8. The van der Waals surface area contributed by atoms with Crippen LogP contribution in [0.4, 0.5) is 8.78 Å². The van der Waals surface area contributed by atoms with Gasteiger partial charge >= 0.3 is 13.3 Å². The summed E-state index contributed by atoms with van der Waals surface area (Å²) in [5.41, 5.74) is -3.05. The van der Waals surface area contributed by atoms with Crippen LogP contribution in [0.15, 0.2) is 72.8 Å². The van der Waals surface area contributed by atoms with Gasteiger partial charge in [0, 0.05) is 79.4 Å². The van der Waals surface area contributed by atoms with Crippen LogP contribution in [-0.2, 0) is 40.7 Å². The molecule has 3 saturated heterocycles. The second-order valence-corrected chi connectivity index (χ2v) is 22.6. The summed E-state index contributed by atoms with van der Waals surface area (Å²) < 4.78 is 47.5. The number of piperidine rings is 2. The molecule has 1 aromatic heterocycles. The van der Waals surface area contributed by atoms with E-state index in [1.807, 2.05) is 29.2 Å². The average Bonchev–Trinajstić information content (AvgIpc) is 4.06. The monoisotopic (exact) mass is 1010 g/mol. The topological polar surface area (TPSA) is 203 Å². The number of alkyl halides is 2. The van der Waals surface area contributed by atoms with E-state index in [-0.39, 0.29) is 66.3 Å². The van der Waals surface area contributed by atoms with E-state index in [4.69, 9.17) is 4.74 Å². The summed E-state index contributed by atoms with van der Waals surface area (Å²) in [4.78, 5) is 104. The first kappa shape index (κ1) is 51.5. The third-order valence-corrected chi connectivity index (χ3v) is 15.9. The van der Waals surface area contributed by atoms with E-state index in [2.05, 4.69) is 34.6 Å². The molecule has 8 rings (SSSR count). The zero-order valence-electron chi connectivity index (χ0n) is 39.8. The maximum atomic E-state index is 14.9. The van der Waals surface area contributed by atoms with E-state index in [9.17, 15) is 51.9 Å². The van der Waals surface area contributed by atoms with Crippen LogP contribution in [0.3, 0.4) is 0 Å². The summed E-state index contributed by atoms with van der Waals surface area (Å²) in [5, 5.41) is 5.37. The molecule has 5 heterocycles. The highest BCUT2D eigenvalue weighted by Crippen LogP contribution is 2.59. The van der Waals surface area contributed by atoms with Gasteiger partial charge in [-0.1, -0.05) is 81.5 Å². The second-order valence-electron chi connectivity index (χ2n) is 19.8. The highest BCUT2D eigenvalue weighted by molar-refractivity contribution is 7.52. The Labute approximate surface area is 414 Å². The molecule has 19 heteroatoms. The summed E-state index contributed by atoms with van der Waals surface area (Å²) >= 11 is 0.981. The van der Waals surface area contributed by atoms with E-state index in [0.717, 1.165) is 65.8 Å². The van der Waals surface area contributed by atoms with Gasteiger partial charge in [-0.3, -0.25) is 38.6 Å². The van der Waals surface area contributed by atoms with Crippen molar-refractivity contribution in [3.63, 3.8) is 0 Å². The molecule has 3 aromatic carbocycles. The molecule has 0 bridgehead atoms. The Balaban J connectivity index is 0.912. The van der Waals surface area contributed by atoms with Gasteiger partial charge in [-0.05, 0) is 84.4 Å². The summed E-state index contributed by atoms with van der Waals surface area (Å²) in [7, 11) is -5.83. The number of imide groups is 1. The number of halogens is 2. The number of amides is 6. The molecule has 4 N–H and O–H groups in total. The highest BCUT2D eigenvalue weighted by atomic mass is 32.1. The number of nitrogens with zero attached hydrogens (tertiary/aromatic N) is 3. The minimum atomic E-state index is -5.83. The first-order valence-corrected chi connectivity index (χ1v) is 26.4. The van der Waals surface area contributed by atoms with Crippen molar-refractivity contribution in [2.45, 2.75) is 121 Å². The number of unbranched alkanes of at least 4 members (excludes halogenated alkanes) is 3. The molecule has 2 unspecified atom stereocenters. The molecule has 4 aliphatic heterocycles. The molecule has 0 radical (unpaired) electrons. The Morgan fingerprint density at radius 1 is 0.972 bits per heavy atom. The van der Waals surface area contributed by atoms with Crippen molar-refractivity contribution in [3.8, 4) is 11.8 Å².